The van der Waals surface area contributed by atoms with Crippen molar-refractivity contribution in [3.8, 4) is 11.8 Å². The lowest BCUT2D eigenvalue weighted by atomic mass is 10.2. The van der Waals surface area contributed by atoms with Crippen molar-refractivity contribution < 1.29 is 9.84 Å². The Balaban J connectivity index is 1.98. The number of benzene rings is 1. The van der Waals surface area contributed by atoms with Crippen LogP contribution in [0.2, 0.25) is 0 Å². The first-order valence-electron chi connectivity index (χ1n) is 8.13. The number of anilines is 1. The molecule has 0 radical (unpaired) electrons. The zero-order valence-electron chi connectivity index (χ0n) is 14.2. The van der Waals surface area contributed by atoms with Crippen LogP contribution in [-0.4, -0.2) is 28.1 Å². The van der Waals surface area contributed by atoms with Gasteiger partial charge < -0.3 is 15.2 Å². The first-order chi connectivity index (χ1) is 11.7. The first kappa shape index (κ1) is 17.8. The van der Waals surface area contributed by atoms with Crippen molar-refractivity contribution in [3.05, 3.63) is 41.1 Å². The van der Waals surface area contributed by atoms with Crippen LogP contribution in [0.4, 0.5) is 5.82 Å². The van der Waals surface area contributed by atoms with E-state index in [4.69, 9.17) is 15.1 Å². The van der Waals surface area contributed by atoms with Crippen LogP contribution >= 0.6 is 0 Å². The summed E-state index contributed by atoms with van der Waals surface area (Å²) in [5.74, 6) is 1.74. The summed E-state index contributed by atoms with van der Waals surface area (Å²) < 4.78 is 7.46. The van der Waals surface area contributed by atoms with Gasteiger partial charge in [0.05, 0.1) is 31.5 Å². The number of nitriles is 1. The highest BCUT2D eigenvalue weighted by atomic mass is 16.5. The summed E-state index contributed by atoms with van der Waals surface area (Å²) in [5.41, 5.74) is 3.15. The van der Waals surface area contributed by atoms with Crippen molar-refractivity contribution in [1.82, 2.24) is 9.78 Å². The zero-order valence-corrected chi connectivity index (χ0v) is 14.2. The van der Waals surface area contributed by atoms with E-state index in [2.05, 4.69) is 16.5 Å². The maximum atomic E-state index is 9.16. The molecule has 2 rings (SSSR count). The quantitative estimate of drug-likeness (QED) is 0.692. The number of hydrogen-bond donors (Lipinski definition) is 2. The average Bonchev–Trinajstić information content (AvgIpc) is 2.85. The smallest absolute Gasteiger partial charge is 0.127 e. The molecule has 24 heavy (non-hydrogen) atoms. The Bertz CT molecular complexity index is 704. The summed E-state index contributed by atoms with van der Waals surface area (Å²) in [6.07, 6.45) is 1.24. The van der Waals surface area contributed by atoms with E-state index in [-0.39, 0.29) is 6.61 Å². The molecule has 2 aromatic rings. The summed E-state index contributed by atoms with van der Waals surface area (Å²) in [6.45, 7) is 5.70. The Morgan fingerprint density at radius 3 is 2.96 bits per heavy atom. The van der Waals surface area contributed by atoms with Gasteiger partial charge in [-0.1, -0.05) is 12.1 Å². The van der Waals surface area contributed by atoms with E-state index in [1.165, 1.54) is 0 Å². The van der Waals surface area contributed by atoms with Gasteiger partial charge in [-0.05, 0) is 38.0 Å². The number of aromatic nitrogens is 2. The molecule has 0 spiro atoms. The summed E-state index contributed by atoms with van der Waals surface area (Å²) in [5, 5.41) is 25.5. The van der Waals surface area contributed by atoms with Crippen LogP contribution < -0.4 is 10.1 Å². The lowest BCUT2D eigenvalue weighted by Crippen LogP contribution is -2.11. The van der Waals surface area contributed by atoms with Crippen molar-refractivity contribution in [1.29, 1.82) is 5.26 Å². The van der Waals surface area contributed by atoms with E-state index >= 15 is 0 Å². The third kappa shape index (κ3) is 4.74. The number of unbranched alkanes of at least 4 members (excludes halogenated alkanes) is 1. The van der Waals surface area contributed by atoms with Gasteiger partial charge in [0.2, 0.25) is 0 Å². The molecule has 0 amide bonds. The van der Waals surface area contributed by atoms with E-state index in [1.807, 2.05) is 38.1 Å². The van der Waals surface area contributed by atoms with Crippen molar-refractivity contribution in [2.24, 2.45) is 0 Å². The summed E-state index contributed by atoms with van der Waals surface area (Å²) in [6, 6.07) is 10.0. The molecule has 0 unspecified atom stereocenters. The van der Waals surface area contributed by atoms with E-state index in [1.54, 1.807) is 4.68 Å². The average molecular weight is 328 g/mol. The largest absolute Gasteiger partial charge is 0.494 e. The molecule has 128 valence electrons. The molecule has 0 saturated heterocycles. The maximum absolute atomic E-state index is 9.16. The number of rotatable bonds is 9. The second kappa shape index (κ2) is 8.94. The minimum atomic E-state index is 0.0568. The number of hydrogen-bond acceptors (Lipinski definition) is 5. The molecule has 2 N–H and O–H groups in total. The molecule has 1 aromatic heterocycles. The van der Waals surface area contributed by atoms with Gasteiger partial charge in [-0.3, -0.25) is 0 Å². The van der Waals surface area contributed by atoms with Gasteiger partial charge in [0.25, 0.3) is 0 Å². The highest BCUT2D eigenvalue weighted by Gasteiger charge is 2.11. The van der Waals surface area contributed by atoms with Crippen LogP contribution in [0.5, 0.6) is 5.75 Å². The van der Waals surface area contributed by atoms with E-state index in [0.29, 0.717) is 26.1 Å². The Labute approximate surface area is 142 Å². The molecule has 1 heterocycles. The van der Waals surface area contributed by atoms with Crippen molar-refractivity contribution in [2.75, 3.05) is 18.5 Å². The van der Waals surface area contributed by atoms with Gasteiger partial charge in [-0.2, -0.15) is 10.4 Å². The van der Waals surface area contributed by atoms with Crippen molar-refractivity contribution in [2.45, 2.75) is 39.8 Å². The molecule has 1 aromatic carbocycles. The highest BCUT2D eigenvalue weighted by Crippen LogP contribution is 2.20. The molecule has 0 atom stereocenters. The van der Waals surface area contributed by atoms with Crippen LogP contribution in [0.1, 0.15) is 29.7 Å². The molecule has 6 nitrogen and oxygen atoms in total. The number of aryl methyl sites for hydroxylation is 1. The normalized spacial score (nSPS) is 10.4. The lowest BCUT2D eigenvalue weighted by Gasteiger charge is -2.11. The first-order valence-corrected chi connectivity index (χ1v) is 8.13. The fraction of sp³-hybridized carbons (Fsp3) is 0.444. The number of aliphatic hydroxyl groups excluding tert-OH is 1. The highest BCUT2D eigenvalue weighted by molar-refractivity contribution is 5.47. The Hall–Kier alpha value is -2.52. The fourth-order valence-electron chi connectivity index (χ4n) is 2.42. The van der Waals surface area contributed by atoms with Gasteiger partial charge >= 0.3 is 0 Å². The van der Waals surface area contributed by atoms with Crippen molar-refractivity contribution in [3.63, 3.8) is 0 Å². The summed E-state index contributed by atoms with van der Waals surface area (Å²) in [7, 11) is 0. The SMILES string of the molecule is Cc1nn(CCO)c(NCc2cccc(OCCCC#N)c2)c1C. The molecule has 0 aliphatic carbocycles. The predicted octanol–water partition coefficient (Wildman–Crippen LogP) is 2.79. The number of ether oxygens (including phenoxy) is 1. The van der Waals surface area contributed by atoms with Crippen LogP contribution in [-0.2, 0) is 13.1 Å². The minimum Gasteiger partial charge on any atom is -0.494 e. The van der Waals surface area contributed by atoms with Crippen LogP contribution in [0.15, 0.2) is 24.3 Å². The molecule has 6 heteroatoms. The summed E-state index contributed by atoms with van der Waals surface area (Å²) in [4.78, 5) is 0. The van der Waals surface area contributed by atoms with E-state index < -0.39 is 0 Å². The second-order valence-electron chi connectivity index (χ2n) is 5.62. The zero-order chi connectivity index (χ0) is 17.4. The third-order valence-electron chi connectivity index (χ3n) is 3.80. The predicted molar refractivity (Wildman–Crippen MR) is 92.9 cm³/mol. The van der Waals surface area contributed by atoms with E-state index in [9.17, 15) is 0 Å². The second-order valence-corrected chi connectivity index (χ2v) is 5.62. The van der Waals surface area contributed by atoms with Crippen LogP contribution in [0, 0.1) is 25.2 Å². The molecular formula is C18H24N4O2. The lowest BCUT2D eigenvalue weighted by molar-refractivity contribution is 0.270. The molecule has 0 fully saturated rings. The van der Waals surface area contributed by atoms with Gasteiger partial charge in [0, 0.05) is 18.5 Å². The molecular weight excluding hydrogens is 304 g/mol. The van der Waals surface area contributed by atoms with Crippen LogP contribution in [0.3, 0.4) is 0 Å². The fourth-order valence-corrected chi connectivity index (χ4v) is 2.42. The van der Waals surface area contributed by atoms with Crippen LogP contribution in [0.25, 0.3) is 0 Å². The summed E-state index contributed by atoms with van der Waals surface area (Å²) >= 11 is 0. The minimum absolute atomic E-state index is 0.0568. The molecule has 0 saturated carbocycles. The number of nitrogens with one attached hydrogen (secondary N) is 1. The van der Waals surface area contributed by atoms with E-state index in [0.717, 1.165) is 34.8 Å². The van der Waals surface area contributed by atoms with Gasteiger partial charge in [-0.15, -0.1) is 0 Å². The standard InChI is InChI=1S/C18H24N4O2/c1-14-15(2)21-22(9-10-23)18(14)20-13-16-6-5-7-17(12-16)24-11-4-3-8-19/h5-7,12,20,23H,3-4,9-11,13H2,1-2H3. The van der Waals surface area contributed by atoms with Gasteiger partial charge in [-0.25, -0.2) is 4.68 Å². The molecule has 0 aliphatic rings. The van der Waals surface area contributed by atoms with Gasteiger partial charge in [0.15, 0.2) is 0 Å². The topological polar surface area (TPSA) is 83.1 Å². The Morgan fingerprint density at radius 2 is 2.21 bits per heavy atom. The third-order valence-corrected chi connectivity index (χ3v) is 3.80. The number of aliphatic hydroxyl groups is 1. The number of nitrogens with zero attached hydrogens (tertiary/aromatic N) is 3. The monoisotopic (exact) mass is 328 g/mol. The Kier molecular flexibility index (Phi) is 6.64. The van der Waals surface area contributed by atoms with Crippen molar-refractivity contribution >= 4 is 5.82 Å². The maximum Gasteiger partial charge on any atom is 0.127 e. The van der Waals surface area contributed by atoms with Gasteiger partial charge in [0.1, 0.15) is 11.6 Å². The molecule has 0 aliphatic heterocycles. The molecule has 0 bridgehead atoms. The Morgan fingerprint density at radius 1 is 1.38 bits per heavy atom.